The van der Waals surface area contributed by atoms with E-state index in [9.17, 15) is 14.7 Å². The van der Waals surface area contributed by atoms with Crippen molar-refractivity contribution >= 4 is 23.4 Å². The van der Waals surface area contributed by atoms with E-state index < -0.39 is 12.1 Å². The number of ether oxygens (including phenoxy) is 1. The van der Waals surface area contributed by atoms with Gasteiger partial charge >= 0.3 is 0 Å². The summed E-state index contributed by atoms with van der Waals surface area (Å²) in [5.74, 6) is -0.146. The fourth-order valence-corrected chi connectivity index (χ4v) is 3.28. The van der Waals surface area contributed by atoms with Crippen LogP contribution in [0.1, 0.15) is 18.4 Å². The van der Waals surface area contributed by atoms with E-state index in [0.29, 0.717) is 44.2 Å². The van der Waals surface area contributed by atoms with Gasteiger partial charge < -0.3 is 19.6 Å². The third-order valence-corrected chi connectivity index (χ3v) is 4.76. The Bertz CT molecular complexity index is 607. The predicted molar refractivity (Wildman–Crippen MR) is 88.4 cm³/mol. The summed E-state index contributed by atoms with van der Waals surface area (Å²) in [6, 6.07) is 6.86. The predicted octanol–water partition coefficient (Wildman–Crippen LogP) is 1.05. The number of hydrogen-bond donors (Lipinski definition) is 1. The molecule has 2 saturated heterocycles. The lowest BCUT2D eigenvalue weighted by molar-refractivity contribution is -0.160. The number of halogens is 1. The fraction of sp³-hybridized carbons (Fsp3) is 0.529. The molecular weight excluding hydrogens is 332 g/mol. The summed E-state index contributed by atoms with van der Waals surface area (Å²) in [6.45, 7) is 1.71. The number of fused-ring (bicyclic) bond motifs is 1. The molecule has 2 heterocycles. The normalized spacial score (nSPS) is 24.2. The monoisotopic (exact) mass is 352 g/mol. The maximum absolute atomic E-state index is 12.5. The van der Waals surface area contributed by atoms with Gasteiger partial charge in [-0.1, -0.05) is 23.7 Å². The van der Waals surface area contributed by atoms with Gasteiger partial charge in [-0.2, -0.15) is 0 Å². The van der Waals surface area contributed by atoms with E-state index >= 15 is 0 Å². The minimum Gasteiger partial charge on any atom is -0.393 e. The van der Waals surface area contributed by atoms with Crippen LogP contribution in [0, 0.1) is 0 Å². The maximum Gasteiger partial charge on any atom is 0.246 e. The first-order valence-corrected chi connectivity index (χ1v) is 8.51. The molecule has 0 unspecified atom stereocenters. The van der Waals surface area contributed by atoms with E-state index in [1.54, 1.807) is 17.0 Å². The van der Waals surface area contributed by atoms with Gasteiger partial charge in [0.15, 0.2) is 0 Å². The van der Waals surface area contributed by atoms with Crippen LogP contribution in [0.25, 0.3) is 0 Å². The largest absolute Gasteiger partial charge is 0.393 e. The maximum atomic E-state index is 12.5. The van der Waals surface area contributed by atoms with Gasteiger partial charge in [0.05, 0.1) is 25.9 Å². The molecule has 2 aliphatic heterocycles. The van der Waals surface area contributed by atoms with Crippen LogP contribution < -0.4 is 0 Å². The molecule has 0 aromatic heterocycles. The van der Waals surface area contributed by atoms with Gasteiger partial charge in [0, 0.05) is 24.5 Å². The lowest BCUT2D eigenvalue weighted by atomic mass is 9.96. The van der Waals surface area contributed by atoms with Crippen molar-refractivity contribution in [3.63, 3.8) is 0 Å². The zero-order chi connectivity index (χ0) is 17.1. The Morgan fingerprint density at radius 3 is 2.75 bits per heavy atom. The lowest BCUT2D eigenvalue weighted by Gasteiger charge is -2.43. The number of benzene rings is 1. The number of aliphatic hydroxyl groups excluding tert-OH is 1. The summed E-state index contributed by atoms with van der Waals surface area (Å²) in [6.07, 6.45) is 0.357. The zero-order valence-electron chi connectivity index (χ0n) is 13.4. The molecule has 0 aliphatic carbocycles. The van der Waals surface area contributed by atoms with Crippen molar-refractivity contribution in [1.29, 1.82) is 0 Å². The number of nitrogens with zero attached hydrogens (tertiary/aromatic N) is 2. The van der Waals surface area contributed by atoms with Gasteiger partial charge in [0.25, 0.3) is 0 Å². The minimum atomic E-state index is -0.522. The van der Waals surface area contributed by atoms with Gasteiger partial charge in [-0.3, -0.25) is 9.59 Å². The molecule has 2 fully saturated rings. The summed E-state index contributed by atoms with van der Waals surface area (Å²) in [5, 5.41) is 10.4. The fourth-order valence-electron chi connectivity index (χ4n) is 3.16. The van der Waals surface area contributed by atoms with Crippen LogP contribution in [0.15, 0.2) is 24.3 Å². The van der Waals surface area contributed by atoms with E-state index in [2.05, 4.69) is 0 Å². The highest BCUT2D eigenvalue weighted by molar-refractivity contribution is 6.30. The first kappa shape index (κ1) is 17.2. The number of piperidine rings is 1. The van der Waals surface area contributed by atoms with Crippen LogP contribution in [-0.4, -0.2) is 65.1 Å². The summed E-state index contributed by atoms with van der Waals surface area (Å²) >= 11 is 5.83. The van der Waals surface area contributed by atoms with Crippen LogP contribution >= 0.6 is 11.6 Å². The Morgan fingerprint density at radius 1 is 1.25 bits per heavy atom. The van der Waals surface area contributed by atoms with Crippen LogP contribution in [0.4, 0.5) is 0 Å². The van der Waals surface area contributed by atoms with Crippen molar-refractivity contribution < 1.29 is 19.4 Å². The van der Waals surface area contributed by atoms with E-state index in [4.69, 9.17) is 16.3 Å². The second-order valence-electron chi connectivity index (χ2n) is 6.22. The van der Waals surface area contributed by atoms with Crippen molar-refractivity contribution in [2.45, 2.75) is 31.6 Å². The first-order chi connectivity index (χ1) is 11.5. The van der Waals surface area contributed by atoms with Gasteiger partial charge in [-0.15, -0.1) is 0 Å². The molecule has 130 valence electrons. The number of hydrogen-bond acceptors (Lipinski definition) is 4. The average Bonchev–Trinajstić information content (AvgIpc) is 2.57. The van der Waals surface area contributed by atoms with Crippen LogP contribution in [0.2, 0.25) is 5.02 Å². The molecule has 0 saturated carbocycles. The highest BCUT2D eigenvalue weighted by Gasteiger charge is 2.42. The quantitative estimate of drug-likeness (QED) is 0.804. The van der Waals surface area contributed by atoms with Gasteiger partial charge in [0.2, 0.25) is 11.8 Å². The Hall–Kier alpha value is -1.63. The highest BCUT2D eigenvalue weighted by atomic mass is 35.5. The molecule has 0 bridgehead atoms. The van der Waals surface area contributed by atoms with Crippen LogP contribution in [0.3, 0.4) is 0 Å². The Labute approximate surface area is 145 Å². The van der Waals surface area contributed by atoms with E-state index in [0.717, 1.165) is 5.56 Å². The third kappa shape index (κ3) is 3.88. The molecule has 2 amide bonds. The number of amides is 2. The van der Waals surface area contributed by atoms with E-state index in [1.807, 2.05) is 12.1 Å². The SMILES string of the molecule is O=C1[C@H]2C[C@@H](O)CCN2C(=O)CN1CCOCc1ccc(Cl)cc1. The van der Waals surface area contributed by atoms with Crippen molar-refractivity contribution in [1.82, 2.24) is 9.80 Å². The lowest BCUT2D eigenvalue weighted by Crippen LogP contribution is -2.63. The minimum absolute atomic E-state index is 0.0517. The number of piperazine rings is 1. The number of rotatable bonds is 5. The summed E-state index contributed by atoms with van der Waals surface area (Å²) in [7, 11) is 0. The highest BCUT2D eigenvalue weighted by Crippen LogP contribution is 2.23. The van der Waals surface area contributed by atoms with Crippen LogP contribution in [-0.2, 0) is 20.9 Å². The molecule has 0 spiro atoms. The molecule has 7 heteroatoms. The van der Waals surface area contributed by atoms with Gasteiger partial charge in [-0.25, -0.2) is 0 Å². The Balaban J connectivity index is 1.49. The molecule has 6 nitrogen and oxygen atoms in total. The molecule has 24 heavy (non-hydrogen) atoms. The van der Waals surface area contributed by atoms with Gasteiger partial charge in [-0.05, 0) is 24.1 Å². The standard InChI is InChI=1S/C17H21ClN2O4/c18-13-3-1-12(2-4-13)11-24-8-7-19-10-16(22)20-6-5-14(21)9-15(20)17(19)23/h1-4,14-15,21H,5-11H2/t14-,15+/m0/s1. The molecular formula is C17H21ClN2O4. The average molecular weight is 353 g/mol. The molecule has 2 atom stereocenters. The first-order valence-electron chi connectivity index (χ1n) is 8.13. The smallest absolute Gasteiger partial charge is 0.246 e. The summed E-state index contributed by atoms with van der Waals surface area (Å²) in [5.41, 5.74) is 1.00. The molecule has 0 radical (unpaired) electrons. The number of carbonyl (C=O) groups is 2. The number of aliphatic hydroxyl groups is 1. The zero-order valence-corrected chi connectivity index (χ0v) is 14.1. The Morgan fingerprint density at radius 2 is 2.00 bits per heavy atom. The molecule has 1 aromatic carbocycles. The van der Waals surface area contributed by atoms with Crippen LogP contribution in [0.5, 0.6) is 0 Å². The molecule has 3 rings (SSSR count). The molecule has 1 aromatic rings. The summed E-state index contributed by atoms with van der Waals surface area (Å²) in [4.78, 5) is 27.8. The second-order valence-corrected chi connectivity index (χ2v) is 6.66. The molecule has 1 N–H and O–H groups in total. The van der Waals surface area contributed by atoms with Crippen molar-refractivity contribution in [2.24, 2.45) is 0 Å². The van der Waals surface area contributed by atoms with E-state index in [-0.39, 0.29) is 18.4 Å². The second kappa shape index (κ2) is 7.51. The Kier molecular flexibility index (Phi) is 5.38. The topological polar surface area (TPSA) is 70.1 Å². The van der Waals surface area contributed by atoms with E-state index in [1.165, 1.54) is 4.90 Å². The van der Waals surface area contributed by atoms with Crippen molar-refractivity contribution in [3.05, 3.63) is 34.9 Å². The van der Waals surface area contributed by atoms with Gasteiger partial charge in [0.1, 0.15) is 6.04 Å². The number of carbonyl (C=O) groups excluding carboxylic acids is 2. The summed E-state index contributed by atoms with van der Waals surface area (Å²) < 4.78 is 5.59. The van der Waals surface area contributed by atoms with Crippen molar-refractivity contribution in [3.8, 4) is 0 Å². The molecule has 2 aliphatic rings. The van der Waals surface area contributed by atoms with Crippen molar-refractivity contribution in [2.75, 3.05) is 26.2 Å². The third-order valence-electron chi connectivity index (χ3n) is 4.51.